The lowest BCUT2D eigenvalue weighted by molar-refractivity contribution is 0.378. The SMILES string of the molecule is C[S+](C)Oc1c2ccccc2c(C#N)c2ccccc12.Fc1c(F)c(F)c([B-](c2c(F)c(F)c(F)c(F)c2F)(c2c(F)c(F)c(F)c(F)c2F)c2c(F)c(F)c(F)c(F)c2F)c(F)c1F. The summed E-state index contributed by atoms with van der Waals surface area (Å²) in [7, 11) is 0. The third-order valence-electron chi connectivity index (χ3n) is 9.95. The Hall–Kier alpha value is -6.64. The first-order chi connectivity index (χ1) is 30.4. The highest BCUT2D eigenvalue weighted by Crippen LogP contribution is 2.39. The standard InChI is InChI=1S/C24BF20.C17H14NOS/c26-5-1(6(27)14(35)21(42)13(5)34)25(2-7(28)15(36)22(43)16(37)8(2)29,3-9(30)17(38)23(44)18(39)10(3)31)4-11(32)19(40)24(45)20(41)12(4)33;1-20(2)19-17-14-9-5-3-7-12(14)16(11-18)13-8-4-6-10-15(13)17/h;3-10H,1-2H3/q-1;+1. The molecule has 0 N–H and O–H groups in total. The Morgan fingerprint density at radius 3 is 0.754 bits per heavy atom. The topological polar surface area (TPSA) is 33.0 Å². The molecule has 0 heterocycles. The molecular weight excluding hydrogens is 945 g/mol. The van der Waals surface area contributed by atoms with Gasteiger partial charge in [-0.2, -0.15) is 5.26 Å². The number of hydrogen-bond acceptors (Lipinski definition) is 2. The molecular formula is C41H14BF20NOS. The molecule has 0 atom stereocenters. The molecule has 0 radical (unpaired) electrons. The third kappa shape index (κ3) is 7.10. The Morgan fingerprint density at radius 1 is 0.354 bits per heavy atom. The summed E-state index contributed by atoms with van der Waals surface area (Å²) in [6, 6.07) is 18.2. The maximum absolute atomic E-state index is 15.4. The van der Waals surface area contributed by atoms with Crippen LogP contribution in [-0.2, 0) is 11.2 Å². The molecule has 24 heteroatoms. The summed E-state index contributed by atoms with van der Waals surface area (Å²) in [5.74, 6) is -70.5. The van der Waals surface area contributed by atoms with Gasteiger partial charge in [0.05, 0.1) is 5.56 Å². The smallest absolute Gasteiger partial charge is 0.203 e. The Morgan fingerprint density at radius 2 is 0.554 bits per heavy atom. The van der Waals surface area contributed by atoms with Crippen LogP contribution in [-0.4, -0.2) is 18.7 Å². The van der Waals surface area contributed by atoms with Crippen LogP contribution in [0.25, 0.3) is 21.5 Å². The zero-order valence-corrected chi connectivity index (χ0v) is 32.3. The van der Waals surface area contributed by atoms with Crippen molar-refractivity contribution in [3.63, 3.8) is 0 Å². The summed E-state index contributed by atoms with van der Waals surface area (Å²) in [5, 5.41) is 13.4. The highest BCUT2D eigenvalue weighted by atomic mass is 32.2. The summed E-state index contributed by atoms with van der Waals surface area (Å²) < 4.78 is 300. The van der Waals surface area contributed by atoms with Crippen molar-refractivity contribution >= 4 is 60.7 Å². The van der Waals surface area contributed by atoms with E-state index in [1.54, 1.807) is 0 Å². The fourth-order valence-electron chi connectivity index (χ4n) is 7.34. The van der Waals surface area contributed by atoms with E-state index < -0.39 is 144 Å². The van der Waals surface area contributed by atoms with Gasteiger partial charge in [-0.25, -0.2) is 87.8 Å². The van der Waals surface area contributed by atoms with Gasteiger partial charge in [-0.15, -0.1) is 21.9 Å². The van der Waals surface area contributed by atoms with Crippen molar-refractivity contribution in [1.82, 2.24) is 0 Å². The molecule has 7 rings (SSSR count). The van der Waals surface area contributed by atoms with Gasteiger partial charge in [0.25, 0.3) is 0 Å². The summed E-state index contributed by atoms with van der Waals surface area (Å²) in [6.07, 6.45) is -3.13. The number of nitriles is 1. The molecule has 0 aromatic heterocycles. The number of halogens is 20. The van der Waals surface area contributed by atoms with Crippen LogP contribution >= 0.6 is 0 Å². The van der Waals surface area contributed by atoms with Gasteiger partial charge in [-0.3, -0.25) is 4.18 Å². The van der Waals surface area contributed by atoms with Crippen LogP contribution in [0.4, 0.5) is 87.8 Å². The zero-order valence-electron chi connectivity index (χ0n) is 31.5. The van der Waals surface area contributed by atoms with Crippen LogP contribution in [0.2, 0.25) is 0 Å². The molecule has 0 saturated carbocycles. The molecule has 0 amide bonds. The van der Waals surface area contributed by atoms with Gasteiger partial charge in [0.15, 0.2) is 81.0 Å². The van der Waals surface area contributed by atoms with Gasteiger partial charge in [-0.1, -0.05) is 48.5 Å². The fraction of sp³-hybridized carbons (Fsp3) is 0.0488. The van der Waals surface area contributed by atoms with E-state index in [2.05, 4.69) is 6.07 Å². The molecule has 0 unspecified atom stereocenters. The first-order valence-electron chi connectivity index (χ1n) is 17.2. The second-order valence-corrected chi connectivity index (χ2v) is 15.2. The molecule has 7 aromatic rings. The average Bonchev–Trinajstić information content (AvgIpc) is 3.29. The minimum atomic E-state index is -7.22. The van der Waals surface area contributed by atoms with Crippen LogP contribution in [0.3, 0.4) is 0 Å². The van der Waals surface area contributed by atoms with Gasteiger partial charge in [0.2, 0.25) is 5.75 Å². The van der Waals surface area contributed by atoms with Crippen molar-refractivity contribution < 1.29 is 92.0 Å². The van der Waals surface area contributed by atoms with E-state index in [0.717, 1.165) is 32.9 Å². The summed E-state index contributed by atoms with van der Waals surface area (Å²) in [6.45, 7) is 0. The molecule has 0 fully saturated rings. The molecule has 0 saturated heterocycles. The van der Waals surface area contributed by atoms with Gasteiger partial charge in [-0.05, 0) is 0 Å². The van der Waals surface area contributed by atoms with E-state index in [0.29, 0.717) is 0 Å². The van der Waals surface area contributed by atoms with Crippen LogP contribution in [0.15, 0.2) is 48.5 Å². The summed E-state index contributed by atoms with van der Waals surface area (Å²) >= 11 is -0.170. The predicted molar refractivity (Wildman–Crippen MR) is 195 cm³/mol. The lowest BCUT2D eigenvalue weighted by Crippen LogP contribution is -2.81. The normalized spacial score (nSPS) is 11.7. The maximum Gasteiger partial charge on any atom is 0.203 e. The van der Waals surface area contributed by atoms with E-state index >= 15 is 35.1 Å². The van der Waals surface area contributed by atoms with E-state index in [4.69, 9.17) is 4.18 Å². The van der Waals surface area contributed by atoms with Crippen molar-refractivity contribution in [2.45, 2.75) is 0 Å². The monoisotopic (exact) mass is 959 g/mol. The van der Waals surface area contributed by atoms with Crippen LogP contribution < -0.4 is 26.0 Å². The van der Waals surface area contributed by atoms with Gasteiger partial charge < -0.3 is 0 Å². The quantitative estimate of drug-likeness (QED) is 0.0416. The molecule has 0 aliphatic rings. The lowest BCUT2D eigenvalue weighted by atomic mass is 9.12. The third-order valence-corrected chi connectivity index (χ3v) is 10.5. The first kappa shape index (κ1) is 47.8. The Balaban J connectivity index is 0.000000289. The van der Waals surface area contributed by atoms with Crippen LogP contribution in [0.5, 0.6) is 5.75 Å². The van der Waals surface area contributed by atoms with Gasteiger partial charge in [0.1, 0.15) is 71.3 Å². The minimum absolute atomic E-state index is 0.170. The number of hydrogen-bond donors (Lipinski definition) is 0. The molecule has 65 heavy (non-hydrogen) atoms. The van der Waals surface area contributed by atoms with E-state index in [1.807, 2.05) is 61.0 Å². The number of benzene rings is 7. The van der Waals surface area contributed by atoms with Crippen molar-refractivity contribution in [1.29, 1.82) is 5.26 Å². The predicted octanol–water partition coefficient (Wildman–Crippen LogP) is 9.88. The van der Waals surface area contributed by atoms with Gasteiger partial charge >= 0.3 is 0 Å². The molecule has 0 spiro atoms. The number of fused-ring (bicyclic) bond motifs is 2. The first-order valence-corrected chi connectivity index (χ1v) is 19.2. The molecule has 0 aliphatic carbocycles. The Bertz CT molecular complexity index is 2750. The van der Waals surface area contributed by atoms with E-state index in [-0.39, 0.29) is 11.2 Å². The molecule has 7 aromatic carbocycles. The molecule has 0 aliphatic heterocycles. The number of rotatable bonds is 6. The highest BCUT2D eigenvalue weighted by Gasteiger charge is 2.52. The highest BCUT2D eigenvalue weighted by molar-refractivity contribution is 7.91. The maximum atomic E-state index is 15.4. The molecule has 2 nitrogen and oxygen atoms in total. The Labute approximate surface area is 352 Å². The van der Waals surface area contributed by atoms with E-state index in [9.17, 15) is 57.9 Å². The fourth-order valence-corrected chi connectivity index (χ4v) is 7.85. The summed E-state index contributed by atoms with van der Waals surface area (Å²) in [5.41, 5.74) is -13.6. The van der Waals surface area contributed by atoms with Crippen molar-refractivity contribution in [3.8, 4) is 11.8 Å². The summed E-state index contributed by atoms with van der Waals surface area (Å²) in [4.78, 5) is 0. The van der Waals surface area contributed by atoms with Crippen molar-refractivity contribution in [2.75, 3.05) is 12.5 Å². The average molecular weight is 959 g/mol. The largest absolute Gasteiger partial charge is 0.285 e. The van der Waals surface area contributed by atoms with Crippen molar-refractivity contribution in [3.05, 3.63) is 170 Å². The second-order valence-electron chi connectivity index (χ2n) is 13.5. The Kier molecular flexibility index (Phi) is 12.8. The van der Waals surface area contributed by atoms with Crippen LogP contribution in [0, 0.1) is 128 Å². The molecule has 338 valence electrons. The minimum Gasteiger partial charge on any atom is -0.285 e. The van der Waals surface area contributed by atoms with E-state index in [1.165, 1.54) is 0 Å². The van der Waals surface area contributed by atoms with Crippen LogP contribution in [0.1, 0.15) is 5.56 Å². The van der Waals surface area contributed by atoms with Crippen molar-refractivity contribution in [2.24, 2.45) is 0 Å². The lowest BCUT2D eigenvalue weighted by Gasteiger charge is -2.44. The second kappa shape index (κ2) is 17.4. The van der Waals surface area contributed by atoms with Gasteiger partial charge in [0, 0.05) is 21.5 Å². The zero-order chi connectivity index (χ0) is 48.5. The number of nitrogens with zero attached hydrogens (tertiary/aromatic N) is 1. The molecule has 0 bridgehead atoms.